The fraction of sp³-hybridized carbons (Fsp3) is 0.667. The summed E-state index contributed by atoms with van der Waals surface area (Å²) >= 11 is 0. The lowest BCUT2D eigenvalue weighted by molar-refractivity contribution is 0.0957. The van der Waals surface area contributed by atoms with Crippen LogP contribution in [-0.4, -0.2) is 44.4 Å². The lowest BCUT2D eigenvalue weighted by Crippen LogP contribution is -2.34. The zero-order valence-electron chi connectivity index (χ0n) is 8.28. The van der Waals surface area contributed by atoms with Gasteiger partial charge in [0, 0.05) is 20.2 Å². The van der Waals surface area contributed by atoms with Gasteiger partial charge in [-0.05, 0) is 6.92 Å². The first-order valence-corrected chi connectivity index (χ1v) is 4.27. The summed E-state index contributed by atoms with van der Waals surface area (Å²) in [6.07, 6.45) is 1.34. The first-order valence-electron chi connectivity index (χ1n) is 4.27. The van der Waals surface area contributed by atoms with Crippen molar-refractivity contribution in [1.82, 2.24) is 4.90 Å². The van der Waals surface area contributed by atoms with E-state index in [9.17, 15) is 4.79 Å². The first kappa shape index (κ1) is 12.0. The minimum Gasteiger partial charge on any atom is -0.450 e. The molecule has 0 unspecified atom stereocenters. The van der Waals surface area contributed by atoms with Gasteiger partial charge in [-0.25, -0.2) is 4.79 Å². The third-order valence-electron chi connectivity index (χ3n) is 1.44. The van der Waals surface area contributed by atoms with Crippen LogP contribution in [0, 0.1) is 0 Å². The van der Waals surface area contributed by atoms with E-state index in [4.69, 9.17) is 9.47 Å². The molecule has 0 aromatic heterocycles. The second-order valence-electron chi connectivity index (χ2n) is 2.43. The van der Waals surface area contributed by atoms with E-state index in [1.807, 2.05) is 0 Å². The van der Waals surface area contributed by atoms with Gasteiger partial charge in [-0.2, -0.15) is 0 Å². The quantitative estimate of drug-likeness (QED) is 0.588. The Balaban J connectivity index is 3.90. The summed E-state index contributed by atoms with van der Waals surface area (Å²) < 4.78 is 9.70. The lowest BCUT2D eigenvalue weighted by atomic mass is 10.5. The highest BCUT2D eigenvalue weighted by molar-refractivity contribution is 5.67. The second-order valence-corrected chi connectivity index (χ2v) is 2.43. The molecule has 0 saturated heterocycles. The summed E-state index contributed by atoms with van der Waals surface area (Å²) in [5.74, 6) is 0. The van der Waals surface area contributed by atoms with E-state index in [1.165, 1.54) is 0 Å². The molecule has 0 aromatic rings. The SMILES string of the molecule is C=CCN(CCOC)C(=O)OCC. The molecule has 0 N–H and O–H groups in total. The Morgan fingerprint density at radius 3 is 2.77 bits per heavy atom. The minimum atomic E-state index is -0.320. The van der Waals surface area contributed by atoms with Crippen molar-refractivity contribution < 1.29 is 14.3 Å². The number of ether oxygens (including phenoxy) is 2. The van der Waals surface area contributed by atoms with Gasteiger partial charge >= 0.3 is 6.09 Å². The largest absolute Gasteiger partial charge is 0.450 e. The van der Waals surface area contributed by atoms with Gasteiger partial charge in [0.2, 0.25) is 0 Å². The van der Waals surface area contributed by atoms with Crippen LogP contribution in [0.15, 0.2) is 12.7 Å². The van der Waals surface area contributed by atoms with Gasteiger partial charge in [0.05, 0.1) is 13.2 Å². The summed E-state index contributed by atoms with van der Waals surface area (Å²) in [5, 5.41) is 0. The number of carbonyl (C=O) groups is 1. The van der Waals surface area contributed by atoms with E-state index in [1.54, 1.807) is 25.0 Å². The van der Waals surface area contributed by atoms with Crippen LogP contribution in [0.2, 0.25) is 0 Å². The Labute approximate surface area is 79.1 Å². The molecule has 0 radical (unpaired) electrons. The van der Waals surface area contributed by atoms with Crippen molar-refractivity contribution in [3.63, 3.8) is 0 Å². The number of amides is 1. The van der Waals surface area contributed by atoms with Crippen LogP contribution in [0.3, 0.4) is 0 Å². The highest BCUT2D eigenvalue weighted by Gasteiger charge is 2.11. The molecule has 0 aliphatic rings. The topological polar surface area (TPSA) is 38.8 Å². The molecule has 0 atom stereocenters. The molecule has 1 amide bonds. The van der Waals surface area contributed by atoms with Crippen LogP contribution >= 0.6 is 0 Å². The Kier molecular flexibility index (Phi) is 7.01. The molecule has 0 rings (SSSR count). The molecule has 0 fully saturated rings. The molecule has 0 aromatic carbocycles. The van der Waals surface area contributed by atoms with Crippen LogP contribution in [-0.2, 0) is 9.47 Å². The zero-order valence-corrected chi connectivity index (χ0v) is 8.28. The van der Waals surface area contributed by atoms with E-state index in [-0.39, 0.29) is 6.09 Å². The normalized spacial score (nSPS) is 9.38. The van der Waals surface area contributed by atoms with Crippen molar-refractivity contribution in [3.05, 3.63) is 12.7 Å². The van der Waals surface area contributed by atoms with Crippen molar-refractivity contribution in [3.8, 4) is 0 Å². The maximum absolute atomic E-state index is 11.2. The number of hydrogen-bond donors (Lipinski definition) is 0. The van der Waals surface area contributed by atoms with Crippen molar-refractivity contribution >= 4 is 6.09 Å². The predicted octanol–water partition coefficient (Wildman–Crippen LogP) is 1.28. The van der Waals surface area contributed by atoms with Gasteiger partial charge in [0.25, 0.3) is 0 Å². The van der Waals surface area contributed by atoms with Gasteiger partial charge in [0.1, 0.15) is 0 Å². The molecule has 76 valence electrons. The molecule has 0 saturated carbocycles. The second kappa shape index (κ2) is 7.61. The molecule has 4 nitrogen and oxygen atoms in total. The summed E-state index contributed by atoms with van der Waals surface area (Å²) in [6.45, 7) is 7.25. The van der Waals surface area contributed by atoms with E-state index in [0.29, 0.717) is 26.3 Å². The molecule has 0 spiro atoms. The molecular formula is C9H17NO3. The van der Waals surface area contributed by atoms with Crippen LogP contribution in [0.1, 0.15) is 6.92 Å². The molecule has 0 heterocycles. The van der Waals surface area contributed by atoms with E-state index in [2.05, 4.69) is 6.58 Å². The van der Waals surface area contributed by atoms with Gasteiger partial charge in [-0.1, -0.05) is 6.08 Å². The Bertz CT molecular complexity index is 159. The third kappa shape index (κ3) is 5.25. The maximum Gasteiger partial charge on any atom is 0.410 e. The number of methoxy groups -OCH3 is 1. The van der Waals surface area contributed by atoms with Gasteiger partial charge < -0.3 is 14.4 Å². The van der Waals surface area contributed by atoms with Crippen molar-refractivity contribution in [2.24, 2.45) is 0 Å². The van der Waals surface area contributed by atoms with E-state index < -0.39 is 0 Å². The van der Waals surface area contributed by atoms with Crippen molar-refractivity contribution in [2.45, 2.75) is 6.92 Å². The summed E-state index contributed by atoms with van der Waals surface area (Å²) in [4.78, 5) is 12.8. The molecular weight excluding hydrogens is 170 g/mol. The highest BCUT2D eigenvalue weighted by Crippen LogP contribution is 1.94. The van der Waals surface area contributed by atoms with Gasteiger partial charge in [-0.3, -0.25) is 0 Å². The maximum atomic E-state index is 11.2. The third-order valence-corrected chi connectivity index (χ3v) is 1.44. The number of nitrogens with zero attached hydrogens (tertiary/aromatic N) is 1. The number of carbonyl (C=O) groups excluding carboxylic acids is 1. The van der Waals surface area contributed by atoms with Crippen LogP contribution in [0.5, 0.6) is 0 Å². The van der Waals surface area contributed by atoms with E-state index >= 15 is 0 Å². The molecule has 0 aliphatic carbocycles. The standard InChI is InChI=1S/C9H17NO3/c1-4-6-10(7-8-12-3)9(11)13-5-2/h4H,1,5-8H2,2-3H3. The smallest absolute Gasteiger partial charge is 0.410 e. The Hall–Kier alpha value is -1.03. The van der Waals surface area contributed by atoms with Crippen molar-refractivity contribution in [1.29, 1.82) is 0 Å². The Morgan fingerprint density at radius 2 is 2.31 bits per heavy atom. The lowest BCUT2D eigenvalue weighted by Gasteiger charge is -2.19. The fourth-order valence-corrected chi connectivity index (χ4v) is 0.829. The van der Waals surface area contributed by atoms with Crippen molar-refractivity contribution in [2.75, 3.05) is 33.4 Å². The number of rotatable bonds is 6. The minimum absolute atomic E-state index is 0.320. The molecule has 4 heteroatoms. The molecule has 0 aliphatic heterocycles. The monoisotopic (exact) mass is 187 g/mol. The average molecular weight is 187 g/mol. The summed E-state index contributed by atoms with van der Waals surface area (Å²) in [7, 11) is 1.59. The van der Waals surface area contributed by atoms with E-state index in [0.717, 1.165) is 0 Å². The molecule has 13 heavy (non-hydrogen) atoms. The van der Waals surface area contributed by atoms with Crippen LogP contribution in [0.4, 0.5) is 4.79 Å². The van der Waals surface area contributed by atoms with Crippen LogP contribution in [0.25, 0.3) is 0 Å². The van der Waals surface area contributed by atoms with Crippen LogP contribution < -0.4 is 0 Å². The highest BCUT2D eigenvalue weighted by atomic mass is 16.6. The Morgan fingerprint density at radius 1 is 1.62 bits per heavy atom. The average Bonchev–Trinajstić information content (AvgIpc) is 2.12. The number of hydrogen-bond acceptors (Lipinski definition) is 3. The molecule has 0 bridgehead atoms. The zero-order chi connectivity index (χ0) is 10.1. The summed E-state index contributed by atoms with van der Waals surface area (Å²) in [5.41, 5.74) is 0. The van der Waals surface area contributed by atoms with Gasteiger partial charge in [-0.15, -0.1) is 6.58 Å². The summed E-state index contributed by atoms with van der Waals surface area (Å²) in [6, 6.07) is 0. The fourth-order valence-electron chi connectivity index (χ4n) is 0.829. The van der Waals surface area contributed by atoms with Gasteiger partial charge in [0.15, 0.2) is 0 Å². The predicted molar refractivity (Wildman–Crippen MR) is 50.7 cm³/mol. The first-order chi connectivity index (χ1) is 6.26.